The second-order valence-corrected chi connectivity index (χ2v) is 6.72. The molecule has 0 atom stereocenters. The number of carbonyl (C=O) groups is 1. The standard InChI is InChI=1S/C22H19FN2O4/c1-14-10-20(26)25(15-6-8-16(9-7-15)29-13-23)11-18(14)17-4-3-5-19-22(17)28-12-21(27)24(19)2/h3-11H,12-13H2,1-2H3. The number of benzene rings is 2. The summed E-state index contributed by atoms with van der Waals surface area (Å²) in [5, 5.41) is 0. The van der Waals surface area contributed by atoms with Crippen molar-refractivity contribution in [2.45, 2.75) is 6.92 Å². The quantitative estimate of drug-likeness (QED) is 0.680. The van der Waals surface area contributed by atoms with Gasteiger partial charge >= 0.3 is 0 Å². The first-order valence-corrected chi connectivity index (χ1v) is 9.05. The fourth-order valence-corrected chi connectivity index (χ4v) is 3.39. The summed E-state index contributed by atoms with van der Waals surface area (Å²) >= 11 is 0. The summed E-state index contributed by atoms with van der Waals surface area (Å²) in [6.07, 6.45) is 1.75. The van der Waals surface area contributed by atoms with Crippen LogP contribution in [0.25, 0.3) is 16.8 Å². The van der Waals surface area contributed by atoms with E-state index in [0.29, 0.717) is 22.9 Å². The minimum atomic E-state index is -0.913. The summed E-state index contributed by atoms with van der Waals surface area (Å²) in [5.74, 6) is 0.872. The molecule has 1 amide bonds. The lowest BCUT2D eigenvalue weighted by Gasteiger charge is -2.28. The van der Waals surface area contributed by atoms with Gasteiger partial charge in [0, 0.05) is 36.1 Å². The van der Waals surface area contributed by atoms with E-state index >= 15 is 0 Å². The number of hydrogen-bond donors (Lipinski definition) is 0. The van der Waals surface area contributed by atoms with Gasteiger partial charge in [-0.25, -0.2) is 4.39 Å². The van der Waals surface area contributed by atoms with Gasteiger partial charge in [-0.1, -0.05) is 12.1 Å². The number of halogens is 1. The number of amides is 1. The van der Waals surface area contributed by atoms with Crippen LogP contribution in [-0.2, 0) is 4.79 Å². The van der Waals surface area contributed by atoms with Crippen molar-refractivity contribution in [1.82, 2.24) is 4.57 Å². The van der Waals surface area contributed by atoms with Gasteiger partial charge in [0.1, 0.15) is 5.75 Å². The molecule has 1 aliphatic rings. The van der Waals surface area contributed by atoms with E-state index in [4.69, 9.17) is 9.47 Å². The zero-order valence-electron chi connectivity index (χ0n) is 16.0. The summed E-state index contributed by atoms with van der Waals surface area (Å²) in [4.78, 5) is 26.1. The highest BCUT2D eigenvalue weighted by molar-refractivity contribution is 5.99. The molecule has 0 bridgehead atoms. The monoisotopic (exact) mass is 394 g/mol. The van der Waals surface area contributed by atoms with E-state index in [1.807, 2.05) is 25.1 Å². The number of aromatic nitrogens is 1. The number of rotatable bonds is 4. The third-order valence-corrected chi connectivity index (χ3v) is 4.96. The van der Waals surface area contributed by atoms with Gasteiger partial charge in [-0.15, -0.1) is 0 Å². The zero-order chi connectivity index (χ0) is 20.5. The average molecular weight is 394 g/mol. The van der Waals surface area contributed by atoms with E-state index in [1.165, 1.54) is 4.57 Å². The van der Waals surface area contributed by atoms with Crippen LogP contribution in [0.5, 0.6) is 11.5 Å². The third kappa shape index (κ3) is 3.35. The number of para-hydroxylation sites is 1. The number of aryl methyl sites for hydroxylation is 1. The van der Waals surface area contributed by atoms with Crippen molar-refractivity contribution in [3.8, 4) is 28.3 Å². The van der Waals surface area contributed by atoms with Crippen molar-refractivity contribution in [2.24, 2.45) is 0 Å². The highest BCUT2D eigenvalue weighted by atomic mass is 19.1. The smallest absolute Gasteiger partial charge is 0.264 e. The number of fused-ring (bicyclic) bond motifs is 1. The van der Waals surface area contributed by atoms with E-state index in [2.05, 4.69) is 0 Å². The van der Waals surface area contributed by atoms with Gasteiger partial charge in [0.2, 0.25) is 6.86 Å². The van der Waals surface area contributed by atoms with Crippen LogP contribution in [0, 0.1) is 6.92 Å². The first kappa shape index (κ1) is 18.7. The van der Waals surface area contributed by atoms with Gasteiger partial charge in [-0.3, -0.25) is 14.2 Å². The molecule has 1 aliphatic heterocycles. The molecule has 2 heterocycles. The van der Waals surface area contributed by atoms with Gasteiger partial charge in [0.15, 0.2) is 12.4 Å². The number of hydrogen-bond acceptors (Lipinski definition) is 4. The van der Waals surface area contributed by atoms with Crippen LogP contribution in [0.4, 0.5) is 10.1 Å². The predicted octanol–water partition coefficient (Wildman–Crippen LogP) is 3.47. The Morgan fingerprint density at radius 2 is 1.86 bits per heavy atom. The summed E-state index contributed by atoms with van der Waals surface area (Å²) in [5.41, 5.74) is 3.52. The molecule has 0 radical (unpaired) electrons. The Hall–Kier alpha value is -3.61. The minimum Gasteiger partial charge on any atom is -0.481 e. The molecule has 1 aromatic heterocycles. The van der Waals surface area contributed by atoms with Crippen molar-refractivity contribution in [2.75, 3.05) is 25.4 Å². The Bertz CT molecular complexity index is 1140. The van der Waals surface area contributed by atoms with Crippen molar-refractivity contribution in [3.05, 3.63) is 70.6 Å². The van der Waals surface area contributed by atoms with Gasteiger partial charge in [-0.05, 0) is 42.8 Å². The molecule has 0 spiro atoms. The number of anilines is 1. The molecule has 0 aliphatic carbocycles. The molecular weight excluding hydrogens is 375 g/mol. The van der Waals surface area contributed by atoms with Gasteiger partial charge in [0.05, 0.1) is 5.69 Å². The van der Waals surface area contributed by atoms with Crippen molar-refractivity contribution in [3.63, 3.8) is 0 Å². The molecule has 4 rings (SSSR count). The van der Waals surface area contributed by atoms with E-state index in [9.17, 15) is 14.0 Å². The Labute approximate surface area is 166 Å². The molecule has 0 saturated carbocycles. The number of pyridine rings is 1. The summed E-state index contributed by atoms with van der Waals surface area (Å²) < 4.78 is 24.4. The highest BCUT2D eigenvalue weighted by Gasteiger charge is 2.25. The van der Waals surface area contributed by atoms with Crippen LogP contribution in [-0.4, -0.2) is 31.0 Å². The van der Waals surface area contributed by atoms with Crippen molar-refractivity contribution >= 4 is 11.6 Å². The molecular formula is C22H19FN2O4. The van der Waals surface area contributed by atoms with Crippen LogP contribution >= 0.6 is 0 Å². The molecule has 0 fully saturated rings. The fourth-order valence-electron chi connectivity index (χ4n) is 3.39. The zero-order valence-corrected chi connectivity index (χ0v) is 16.0. The van der Waals surface area contributed by atoms with Crippen LogP contribution in [0.15, 0.2) is 59.5 Å². The van der Waals surface area contributed by atoms with Gasteiger partial charge in [-0.2, -0.15) is 0 Å². The number of likely N-dealkylation sites (N-methyl/N-ethyl adjacent to an activating group) is 1. The fraction of sp³-hybridized carbons (Fsp3) is 0.182. The maximum atomic E-state index is 12.6. The second kappa shape index (κ2) is 7.43. The summed E-state index contributed by atoms with van der Waals surface area (Å²) in [6, 6.07) is 13.7. The largest absolute Gasteiger partial charge is 0.481 e. The number of ether oxygens (including phenoxy) is 2. The maximum absolute atomic E-state index is 12.6. The first-order valence-electron chi connectivity index (χ1n) is 9.05. The van der Waals surface area contributed by atoms with E-state index < -0.39 is 6.86 Å². The third-order valence-electron chi connectivity index (χ3n) is 4.96. The number of carbonyl (C=O) groups excluding carboxylic acids is 1. The molecule has 29 heavy (non-hydrogen) atoms. The maximum Gasteiger partial charge on any atom is 0.264 e. The molecule has 2 aromatic carbocycles. The number of alkyl halides is 1. The molecule has 148 valence electrons. The summed E-state index contributed by atoms with van der Waals surface area (Å²) in [7, 11) is 1.71. The summed E-state index contributed by atoms with van der Waals surface area (Å²) in [6.45, 7) is 0.912. The Balaban J connectivity index is 1.84. The SMILES string of the molecule is Cc1cc(=O)n(-c2ccc(OCF)cc2)cc1-c1cccc2c1OCC(=O)N2C. The van der Waals surface area contributed by atoms with E-state index in [-0.39, 0.29) is 18.1 Å². The van der Waals surface area contributed by atoms with Crippen molar-refractivity contribution < 1.29 is 18.7 Å². The number of nitrogens with zero attached hydrogens (tertiary/aromatic N) is 2. The molecule has 0 unspecified atom stereocenters. The normalized spacial score (nSPS) is 13.1. The molecule has 7 heteroatoms. The topological polar surface area (TPSA) is 60.8 Å². The molecule has 0 saturated heterocycles. The second-order valence-electron chi connectivity index (χ2n) is 6.72. The van der Waals surface area contributed by atoms with Gasteiger partial charge < -0.3 is 14.4 Å². The lowest BCUT2D eigenvalue weighted by atomic mass is 10.00. The minimum absolute atomic E-state index is 0.0325. The van der Waals surface area contributed by atoms with Crippen molar-refractivity contribution in [1.29, 1.82) is 0 Å². The lowest BCUT2D eigenvalue weighted by molar-refractivity contribution is -0.120. The predicted molar refractivity (Wildman–Crippen MR) is 108 cm³/mol. The van der Waals surface area contributed by atoms with Gasteiger partial charge in [0.25, 0.3) is 11.5 Å². The Morgan fingerprint density at radius 1 is 1.10 bits per heavy atom. The Morgan fingerprint density at radius 3 is 2.59 bits per heavy atom. The lowest BCUT2D eigenvalue weighted by Crippen LogP contribution is -2.35. The van der Waals surface area contributed by atoms with E-state index in [0.717, 1.165) is 16.7 Å². The average Bonchev–Trinajstić information content (AvgIpc) is 2.72. The van der Waals surface area contributed by atoms with E-state index in [1.54, 1.807) is 48.5 Å². The highest BCUT2D eigenvalue weighted by Crippen LogP contribution is 2.41. The van der Waals surface area contributed by atoms with Crippen LogP contribution in [0.1, 0.15) is 5.56 Å². The molecule has 0 N–H and O–H groups in total. The van der Waals surface area contributed by atoms with Crippen LogP contribution in [0.3, 0.4) is 0 Å². The molecule has 3 aromatic rings. The van der Waals surface area contributed by atoms with Crippen LogP contribution in [0.2, 0.25) is 0 Å². The molecule has 6 nitrogen and oxygen atoms in total. The Kier molecular flexibility index (Phi) is 4.80. The first-order chi connectivity index (χ1) is 14.0. The van der Waals surface area contributed by atoms with Crippen LogP contribution < -0.4 is 19.9 Å².